The molecule has 1 aromatic rings. The SMILES string of the molecule is O=C1CCC=C2C1=COc1ccccc12. The lowest BCUT2D eigenvalue weighted by atomic mass is 9.87. The highest BCUT2D eigenvalue weighted by Gasteiger charge is 2.25. The van der Waals surface area contributed by atoms with E-state index in [0.29, 0.717) is 6.42 Å². The van der Waals surface area contributed by atoms with Crippen molar-refractivity contribution in [1.82, 2.24) is 0 Å². The van der Waals surface area contributed by atoms with Crippen molar-refractivity contribution in [3.63, 3.8) is 0 Å². The zero-order valence-corrected chi connectivity index (χ0v) is 8.19. The third-order valence-electron chi connectivity index (χ3n) is 2.79. The Morgan fingerprint density at radius 3 is 2.93 bits per heavy atom. The van der Waals surface area contributed by atoms with Gasteiger partial charge in [0.05, 0.1) is 5.57 Å². The summed E-state index contributed by atoms with van der Waals surface area (Å²) in [5, 5.41) is 0. The zero-order chi connectivity index (χ0) is 10.3. The predicted octanol–water partition coefficient (Wildman–Crippen LogP) is 2.71. The lowest BCUT2D eigenvalue weighted by molar-refractivity contribution is -0.115. The van der Waals surface area contributed by atoms with Crippen LogP contribution in [0.2, 0.25) is 0 Å². The van der Waals surface area contributed by atoms with Gasteiger partial charge < -0.3 is 4.74 Å². The number of carbonyl (C=O) groups excluding carboxylic acids is 1. The minimum Gasteiger partial charge on any atom is -0.464 e. The average Bonchev–Trinajstić information content (AvgIpc) is 2.29. The van der Waals surface area contributed by atoms with Crippen LogP contribution in [0.25, 0.3) is 5.57 Å². The number of rotatable bonds is 0. The van der Waals surface area contributed by atoms with Crippen molar-refractivity contribution in [2.75, 3.05) is 0 Å². The average molecular weight is 198 g/mol. The Kier molecular flexibility index (Phi) is 1.75. The monoisotopic (exact) mass is 198 g/mol. The van der Waals surface area contributed by atoms with Crippen molar-refractivity contribution >= 4 is 11.4 Å². The first-order valence-electron chi connectivity index (χ1n) is 5.06. The Hall–Kier alpha value is -1.83. The maximum absolute atomic E-state index is 11.6. The standard InChI is InChI=1S/C13H10O2/c14-12-6-3-5-9-10-4-1-2-7-13(10)15-8-11(9)12/h1-2,4-5,7-8H,3,6H2. The lowest BCUT2D eigenvalue weighted by Crippen LogP contribution is -2.13. The number of para-hydroxylation sites is 1. The van der Waals surface area contributed by atoms with Crippen molar-refractivity contribution in [2.24, 2.45) is 0 Å². The molecule has 0 saturated heterocycles. The fraction of sp³-hybridized carbons (Fsp3) is 0.154. The Morgan fingerprint density at radius 1 is 1.13 bits per heavy atom. The summed E-state index contributed by atoms with van der Waals surface area (Å²) in [6, 6.07) is 7.81. The fourth-order valence-corrected chi connectivity index (χ4v) is 2.04. The molecule has 0 unspecified atom stereocenters. The highest BCUT2D eigenvalue weighted by Crippen LogP contribution is 2.38. The normalized spacial score (nSPS) is 18.3. The molecule has 0 spiro atoms. The van der Waals surface area contributed by atoms with Crippen LogP contribution in [-0.2, 0) is 4.79 Å². The van der Waals surface area contributed by atoms with E-state index >= 15 is 0 Å². The van der Waals surface area contributed by atoms with Crippen LogP contribution in [0.3, 0.4) is 0 Å². The smallest absolute Gasteiger partial charge is 0.166 e. The van der Waals surface area contributed by atoms with E-state index < -0.39 is 0 Å². The van der Waals surface area contributed by atoms with Gasteiger partial charge in [-0.25, -0.2) is 0 Å². The van der Waals surface area contributed by atoms with Crippen molar-refractivity contribution in [3.8, 4) is 5.75 Å². The van der Waals surface area contributed by atoms with E-state index in [9.17, 15) is 4.79 Å². The number of ether oxygens (including phenoxy) is 1. The molecule has 0 N–H and O–H groups in total. The number of fused-ring (bicyclic) bond motifs is 3. The molecule has 3 rings (SSSR count). The molecule has 0 saturated carbocycles. The van der Waals surface area contributed by atoms with E-state index in [2.05, 4.69) is 6.08 Å². The Bertz CT molecular complexity index is 495. The molecular weight excluding hydrogens is 188 g/mol. The van der Waals surface area contributed by atoms with Gasteiger partial charge in [0, 0.05) is 12.0 Å². The first kappa shape index (κ1) is 8.48. The molecule has 2 nitrogen and oxygen atoms in total. The van der Waals surface area contributed by atoms with Gasteiger partial charge in [0.1, 0.15) is 12.0 Å². The van der Waals surface area contributed by atoms with E-state index in [0.717, 1.165) is 28.9 Å². The van der Waals surface area contributed by atoms with Crippen molar-refractivity contribution < 1.29 is 9.53 Å². The molecule has 0 atom stereocenters. The highest BCUT2D eigenvalue weighted by molar-refractivity contribution is 6.12. The quantitative estimate of drug-likeness (QED) is 0.640. The van der Waals surface area contributed by atoms with E-state index in [1.54, 1.807) is 6.26 Å². The van der Waals surface area contributed by atoms with Crippen LogP contribution < -0.4 is 4.74 Å². The molecule has 0 aromatic heterocycles. The molecule has 0 amide bonds. The van der Waals surface area contributed by atoms with Crippen molar-refractivity contribution in [3.05, 3.63) is 47.7 Å². The maximum atomic E-state index is 11.6. The van der Waals surface area contributed by atoms with Crippen LogP contribution >= 0.6 is 0 Å². The number of carbonyl (C=O) groups is 1. The Labute approximate surface area is 87.9 Å². The number of hydrogen-bond acceptors (Lipinski definition) is 2. The zero-order valence-electron chi connectivity index (χ0n) is 8.19. The van der Waals surface area contributed by atoms with Crippen LogP contribution in [0.15, 0.2) is 42.2 Å². The van der Waals surface area contributed by atoms with Gasteiger partial charge in [0.25, 0.3) is 0 Å². The fourth-order valence-electron chi connectivity index (χ4n) is 2.04. The van der Waals surface area contributed by atoms with E-state index in [-0.39, 0.29) is 5.78 Å². The third kappa shape index (κ3) is 1.22. The van der Waals surface area contributed by atoms with Gasteiger partial charge >= 0.3 is 0 Å². The summed E-state index contributed by atoms with van der Waals surface area (Å²) in [4.78, 5) is 11.6. The van der Waals surface area contributed by atoms with Gasteiger partial charge in [-0.15, -0.1) is 0 Å². The molecule has 74 valence electrons. The highest BCUT2D eigenvalue weighted by atomic mass is 16.5. The maximum Gasteiger partial charge on any atom is 0.166 e. The topological polar surface area (TPSA) is 26.3 Å². The van der Waals surface area contributed by atoms with Gasteiger partial charge in [-0.3, -0.25) is 4.79 Å². The molecule has 1 aliphatic carbocycles. The Balaban J connectivity index is 2.20. The molecule has 0 fully saturated rings. The van der Waals surface area contributed by atoms with Gasteiger partial charge in [-0.2, -0.15) is 0 Å². The minimum atomic E-state index is 0.182. The number of Topliss-reactive ketones (excluding diaryl/α,β-unsaturated/α-hetero) is 1. The first-order valence-corrected chi connectivity index (χ1v) is 5.06. The van der Waals surface area contributed by atoms with Crippen LogP contribution in [0, 0.1) is 0 Å². The molecule has 2 aliphatic rings. The summed E-state index contributed by atoms with van der Waals surface area (Å²) in [7, 11) is 0. The van der Waals surface area contributed by atoms with Crippen molar-refractivity contribution in [1.29, 1.82) is 0 Å². The van der Waals surface area contributed by atoms with E-state index in [1.807, 2.05) is 24.3 Å². The minimum absolute atomic E-state index is 0.182. The van der Waals surface area contributed by atoms with Crippen LogP contribution in [0.4, 0.5) is 0 Å². The molecule has 1 aliphatic heterocycles. The van der Waals surface area contributed by atoms with E-state index in [4.69, 9.17) is 4.74 Å². The first-order chi connectivity index (χ1) is 7.36. The summed E-state index contributed by atoms with van der Waals surface area (Å²) in [6.07, 6.45) is 5.13. The summed E-state index contributed by atoms with van der Waals surface area (Å²) in [5.74, 6) is 1.02. The number of benzene rings is 1. The second-order valence-electron chi connectivity index (χ2n) is 3.73. The van der Waals surface area contributed by atoms with Crippen molar-refractivity contribution in [2.45, 2.75) is 12.8 Å². The molecular formula is C13H10O2. The molecule has 1 heterocycles. The van der Waals surface area contributed by atoms with Gasteiger partial charge in [0.2, 0.25) is 0 Å². The number of allylic oxidation sites excluding steroid dienone is 3. The second-order valence-corrected chi connectivity index (χ2v) is 3.73. The Morgan fingerprint density at radius 2 is 2.00 bits per heavy atom. The second kappa shape index (κ2) is 3.09. The summed E-state index contributed by atoms with van der Waals surface area (Å²) in [6.45, 7) is 0. The molecule has 0 radical (unpaired) electrons. The molecule has 1 aromatic carbocycles. The van der Waals surface area contributed by atoms with Gasteiger partial charge in [0.15, 0.2) is 5.78 Å². The predicted molar refractivity (Wildman–Crippen MR) is 57.4 cm³/mol. The van der Waals surface area contributed by atoms with Crippen LogP contribution in [0.1, 0.15) is 18.4 Å². The summed E-state index contributed by atoms with van der Waals surface area (Å²) in [5.41, 5.74) is 2.79. The number of ketones is 1. The number of hydrogen-bond donors (Lipinski definition) is 0. The van der Waals surface area contributed by atoms with Gasteiger partial charge in [-0.05, 0) is 18.1 Å². The largest absolute Gasteiger partial charge is 0.464 e. The van der Waals surface area contributed by atoms with E-state index in [1.165, 1.54) is 0 Å². The third-order valence-corrected chi connectivity index (χ3v) is 2.79. The molecule has 2 heteroatoms. The molecule has 0 bridgehead atoms. The summed E-state index contributed by atoms with van der Waals surface area (Å²) >= 11 is 0. The lowest BCUT2D eigenvalue weighted by Gasteiger charge is -2.22. The van der Waals surface area contributed by atoms with Crippen LogP contribution in [-0.4, -0.2) is 5.78 Å². The molecule has 15 heavy (non-hydrogen) atoms. The van der Waals surface area contributed by atoms with Gasteiger partial charge in [-0.1, -0.05) is 24.3 Å². The van der Waals surface area contributed by atoms with Crippen LogP contribution in [0.5, 0.6) is 5.75 Å². The summed E-state index contributed by atoms with van der Waals surface area (Å²) < 4.78 is 5.44.